The molecule has 0 aliphatic carbocycles. The molecule has 1 aliphatic rings. The Kier molecular flexibility index (Phi) is 5.32. The Morgan fingerprint density at radius 2 is 2.42 bits per heavy atom. The van der Waals surface area contributed by atoms with Gasteiger partial charge < -0.3 is 15.4 Å². The number of ether oxygens (including phenoxy) is 1. The number of hydrogen-bond donors (Lipinski definition) is 2. The second-order valence-corrected chi connectivity index (χ2v) is 3.39. The Hall–Kier alpha value is -0.120. The molecule has 1 rings (SSSR count). The summed E-state index contributed by atoms with van der Waals surface area (Å²) in [4.78, 5) is 0. The number of methoxy groups -OCH3 is 1. The summed E-state index contributed by atoms with van der Waals surface area (Å²) in [6.45, 7) is 5.37. The topological polar surface area (TPSA) is 33.3 Å². The Morgan fingerprint density at radius 3 is 3.08 bits per heavy atom. The summed E-state index contributed by atoms with van der Waals surface area (Å²) in [5.41, 5.74) is 0. The van der Waals surface area contributed by atoms with E-state index >= 15 is 0 Å². The van der Waals surface area contributed by atoms with Gasteiger partial charge in [0.05, 0.1) is 6.61 Å². The second kappa shape index (κ2) is 6.40. The van der Waals surface area contributed by atoms with E-state index in [4.69, 9.17) is 4.74 Å². The van der Waals surface area contributed by atoms with E-state index in [1.54, 1.807) is 7.11 Å². The summed E-state index contributed by atoms with van der Waals surface area (Å²) in [6, 6.07) is 0. The summed E-state index contributed by atoms with van der Waals surface area (Å²) in [5.74, 6) is 0.903. The Balaban J connectivity index is 1.81. The zero-order valence-corrected chi connectivity index (χ0v) is 7.94. The normalized spacial score (nSPS) is 23.2. The van der Waals surface area contributed by atoms with Crippen molar-refractivity contribution >= 4 is 0 Å². The van der Waals surface area contributed by atoms with E-state index in [0.717, 1.165) is 25.6 Å². The molecule has 0 amide bonds. The van der Waals surface area contributed by atoms with Gasteiger partial charge in [-0.2, -0.15) is 0 Å². The van der Waals surface area contributed by atoms with Crippen molar-refractivity contribution in [1.29, 1.82) is 0 Å². The molecule has 1 saturated heterocycles. The zero-order valence-electron chi connectivity index (χ0n) is 7.94. The SMILES string of the molecule is COCCNCCC1CCNC1. The van der Waals surface area contributed by atoms with Gasteiger partial charge in [0.2, 0.25) is 0 Å². The van der Waals surface area contributed by atoms with E-state index in [1.807, 2.05) is 0 Å². The molecule has 1 heterocycles. The van der Waals surface area contributed by atoms with E-state index in [9.17, 15) is 0 Å². The average Bonchev–Trinajstić information content (AvgIpc) is 2.57. The lowest BCUT2D eigenvalue weighted by Gasteiger charge is -2.08. The molecule has 0 aromatic heterocycles. The van der Waals surface area contributed by atoms with Crippen LogP contribution in [0.5, 0.6) is 0 Å². The van der Waals surface area contributed by atoms with Crippen LogP contribution in [0.2, 0.25) is 0 Å². The molecular weight excluding hydrogens is 152 g/mol. The summed E-state index contributed by atoms with van der Waals surface area (Å²) in [7, 11) is 1.74. The van der Waals surface area contributed by atoms with E-state index < -0.39 is 0 Å². The Bertz CT molecular complexity index is 103. The largest absolute Gasteiger partial charge is 0.383 e. The first-order chi connectivity index (χ1) is 5.93. The maximum atomic E-state index is 4.94. The molecule has 1 unspecified atom stereocenters. The number of nitrogens with one attached hydrogen (secondary N) is 2. The molecule has 0 aromatic carbocycles. The molecule has 1 fully saturated rings. The highest BCUT2D eigenvalue weighted by Gasteiger charge is 2.12. The van der Waals surface area contributed by atoms with Crippen LogP contribution in [0.15, 0.2) is 0 Å². The highest BCUT2D eigenvalue weighted by Crippen LogP contribution is 2.10. The standard InChI is InChI=1S/C9H20N2O/c1-12-7-6-10-4-2-9-3-5-11-8-9/h9-11H,2-8H2,1H3. The Labute approximate surface area is 74.9 Å². The van der Waals surface area contributed by atoms with Gasteiger partial charge in [0.1, 0.15) is 0 Å². The van der Waals surface area contributed by atoms with E-state index in [1.165, 1.54) is 25.9 Å². The average molecular weight is 172 g/mol. The molecule has 0 bridgehead atoms. The fourth-order valence-electron chi connectivity index (χ4n) is 1.57. The predicted molar refractivity (Wildman–Crippen MR) is 50.3 cm³/mol. The monoisotopic (exact) mass is 172 g/mol. The van der Waals surface area contributed by atoms with Crippen molar-refractivity contribution in [3.05, 3.63) is 0 Å². The molecule has 0 spiro atoms. The Morgan fingerprint density at radius 1 is 1.50 bits per heavy atom. The number of rotatable bonds is 6. The molecule has 12 heavy (non-hydrogen) atoms. The van der Waals surface area contributed by atoms with E-state index in [0.29, 0.717) is 0 Å². The van der Waals surface area contributed by atoms with Crippen LogP contribution >= 0.6 is 0 Å². The maximum Gasteiger partial charge on any atom is 0.0587 e. The van der Waals surface area contributed by atoms with Crippen LogP contribution in [0.25, 0.3) is 0 Å². The van der Waals surface area contributed by atoms with Gasteiger partial charge in [-0.05, 0) is 38.4 Å². The first-order valence-corrected chi connectivity index (χ1v) is 4.84. The highest BCUT2D eigenvalue weighted by molar-refractivity contribution is 4.71. The van der Waals surface area contributed by atoms with Crippen LogP contribution in [-0.2, 0) is 4.74 Å². The molecule has 1 atom stereocenters. The second-order valence-electron chi connectivity index (χ2n) is 3.39. The van der Waals surface area contributed by atoms with Crippen LogP contribution in [0.4, 0.5) is 0 Å². The van der Waals surface area contributed by atoms with Crippen molar-refractivity contribution in [2.45, 2.75) is 12.8 Å². The molecule has 3 nitrogen and oxygen atoms in total. The smallest absolute Gasteiger partial charge is 0.0587 e. The summed E-state index contributed by atoms with van der Waals surface area (Å²) >= 11 is 0. The molecule has 2 N–H and O–H groups in total. The predicted octanol–water partition coefficient (Wildman–Crippen LogP) is 0.222. The third-order valence-corrected chi connectivity index (χ3v) is 2.37. The van der Waals surface area contributed by atoms with Crippen molar-refractivity contribution in [2.75, 3.05) is 39.9 Å². The van der Waals surface area contributed by atoms with Gasteiger partial charge in [-0.3, -0.25) is 0 Å². The van der Waals surface area contributed by atoms with Gasteiger partial charge in [0.25, 0.3) is 0 Å². The third kappa shape index (κ3) is 4.04. The van der Waals surface area contributed by atoms with Gasteiger partial charge in [0, 0.05) is 13.7 Å². The zero-order chi connectivity index (χ0) is 8.65. The van der Waals surface area contributed by atoms with Gasteiger partial charge >= 0.3 is 0 Å². The fourth-order valence-corrected chi connectivity index (χ4v) is 1.57. The lowest BCUT2D eigenvalue weighted by atomic mass is 10.1. The molecule has 0 radical (unpaired) electrons. The summed E-state index contributed by atoms with van der Waals surface area (Å²) in [6.07, 6.45) is 2.66. The molecule has 72 valence electrons. The molecule has 3 heteroatoms. The number of hydrogen-bond acceptors (Lipinski definition) is 3. The quantitative estimate of drug-likeness (QED) is 0.562. The van der Waals surface area contributed by atoms with Gasteiger partial charge in [-0.15, -0.1) is 0 Å². The van der Waals surface area contributed by atoms with E-state index in [-0.39, 0.29) is 0 Å². The van der Waals surface area contributed by atoms with Crippen LogP contribution in [0.3, 0.4) is 0 Å². The van der Waals surface area contributed by atoms with Gasteiger partial charge in [-0.25, -0.2) is 0 Å². The molecular formula is C9H20N2O. The fraction of sp³-hybridized carbons (Fsp3) is 1.00. The minimum Gasteiger partial charge on any atom is -0.383 e. The summed E-state index contributed by atoms with van der Waals surface area (Å²) < 4.78 is 4.94. The molecule has 0 saturated carbocycles. The van der Waals surface area contributed by atoms with Crippen molar-refractivity contribution in [3.63, 3.8) is 0 Å². The first kappa shape index (κ1) is 9.96. The van der Waals surface area contributed by atoms with E-state index in [2.05, 4.69) is 10.6 Å². The van der Waals surface area contributed by atoms with Crippen molar-refractivity contribution in [3.8, 4) is 0 Å². The lowest BCUT2D eigenvalue weighted by molar-refractivity contribution is 0.199. The maximum absolute atomic E-state index is 4.94. The van der Waals surface area contributed by atoms with Crippen LogP contribution in [0, 0.1) is 5.92 Å². The molecule has 0 aromatic rings. The van der Waals surface area contributed by atoms with Crippen molar-refractivity contribution in [1.82, 2.24) is 10.6 Å². The third-order valence-electron chi connectivity index (χ3n) is 2.37. The lowest BCUT2D eigenvalue weighted by Crippen LogP contribution is -2.22. The summed E-state index contributed by atoms with van der Waals surface area (Å²) in [5, 5.41) is 6.73. The molecule has 1 aliphatic heterocycles. The van der Waals surface area contributed by atoms with Crippen LogP contribution in [0.1, 0.15) is 12.8 Å². The van der Waals surface area contributed by atoms with Crippen LogP contribution in [-0.4, -0.2) is 39.9 Å². The van der Waals surface area contributed by atoms with Crippen LogP contribution < -0.4 is 10.6 Å². The minimum absolute atomic E-state index is 0.822. The van der Waals surface area contributed by atoms with Gasteiger partial charge in [-0.1, -0.05) is 0 Å². The first-order valence-electron chi connectivity index (χ1n) is 4.84. The minimum atomic E-state index is 0.822. The van der Waals surface area contributed by atoms with Crippen molar-refractivity contribution in [2.24, 2.45) is 5.92 Å². The van der Waals surface area contributed by atoms with Crippen molar-refractivity contribution < 1.29 is 4.74 Å². The van der Waals surface area contributed by atoms with Gasteiger partial charge in [0.15, 0.2) is 0 Å². The highest BCUT2D eigenvalue weighted by atomic mass is 16.5.